The molecular formula is C23H17N5O5. The van der Waals surface area contributed by atoms with Crippen molar-refractivity contribution in [3.05, 3.63) is 99.1 Å². The predicted molar refractivity (Wildman–Crippen MR) is 124 cm³/mol. The molecule has 0 saturated carbocycles. The predicted octanol–water partition coefficient (Wildman–Crippen LogP) is 6.55. The number of anilines is 2. The molecule has 0 radical (unpaired) electrons. The molecule has 10 heteroatoms. The summed E-state index contributed by atoms with van der Waals surface area (Å²) in [6.45, 7) is 0. The fraction of sp³-hybridized carbons (Fsp3) is 0.0435. The number of non-ortho nitro benzene ring substituents is 1. The van der Waals surface area contributed by atoms with Crippen molar-refractivity contribution in [2.45, 2.75) is 0 Å². The molecule has 0 aliphatic rings. The van der Waals surface area contributed by atoms with Gasteiger partial charge in [-0.25, -0.2) is 0 Å². The third kappa shape index (κ3) is 4.17. The van der Waals surface area contributed by atoms with E-state index in [-0.39, 0.29) is 17.1 Å². The molecule has 33 heavy (non-hydrogen) atoms. The van der Waals surface area contributed by atoms with Crippen LogP contribution in [0.5, 0.6) is 5.75 Å². The number of phenols is 1. The Morgan fingerprint density at radius 1 is 0.818 bits per heavy atom. The van der Waals surface area contributed by atoms with Crippen LogP contribution in [0.15, 0.2) is 89.1 Å². The van der Waals surface area contributed by atoms with E-state index in [9.17, 15) is 25.3 Å². The van der Waals surface area contributed by atoms with Gasteiger partial charge in [-0.1, -0.05) is 42.5 Å². The molecule has 1 N–H and O–H groups in total. The number of para-hydroxylation sites is 1. The van der Waals surface area contributed by atoms with Gasteiger partial charge in [0.05, 0.1) is 21.6 Å². The highest BCUT2D eigenvalue weighted by molar-refractivity contribution is 6.04. The van der Waals surface area contributed by atoms with Crippen LogP contribution in [-0.2, 0) is 0 Å². The first-order chi connectivity index (χ1) is 15.9. The number of aromatic hydroxyl groups is 1. The van der Waals surface area contributed by atoms with Gasteiger partial charge < -0.3 is 10.0 Å². The van der Waals surface area contributed by atoms with Crippen LogP contribution in [0.2, 0.25) is 0 Å². The fourth-order valence-electron chi connectivity index (χ4n) is 3.46. The van der Waals surface area contributed by atoms with E-state index in [1.807, 2.05) is 54.4 Å². The quantitative estimate of drug-likeness (QED) is 0.204. The number of fused-ring (bicyclic) bond motifs is 1. The molecule has 4 rings (SSSR count). The number of nitro groups is 2. The summed E-state index contributed by atoms with van der Waals surface area (Å²) in [7, 11) is 1.87. The molecule has 0 aliphatic heterocycles. The lowest BCUT2D eigenvalue weighted by atomic mass is 10.0. The van der Waals surface area contributed by atoms with E-state index in [0.29, 0.717) is 5.39 Å². The molecule has 0 spiro atoms. The maximum Gasteiger partial charge on any atom is 0.303 e. The summed E-state index contributed by atoms with van der Waals surface area (Å²) in [5.41, 5.74) is 0.620. The van der Waals surface area contributed by atoms with E-state index in [1.165, 1.54) is 0 Å². The monoisotopic (exact) mass is 443 g/mol. The van der Waals surface area contributed by atoms with E-state index in [4.69, 9.17) is 0 Å². The summed E-state index contributed by atoms with van der Waals surface area (Å²) in [5.74, 6) is -0.167. The van der Waals surface area contributed by atoms with Crippen molar-refractivity contribution in [1.82, 2.24) is 0 Å². The van der Waals surface area contributed by atoms with Crippen molar-refractivity contribution in [2.24, 2.45) is 10.2 Å². The van der Waals surface area contributed by atoms with E-state index in [1.54, 1.807) is 18.2 Å². The Hall–Kier alpha value is -4.86. The maximum absolute atomic E-state index is 11.4. The minimum atomic E-state index is -0.767. The highest BCUT2D eigenvalue weighted by Crippen LogP contribution is 2.43. The van der Waals surface area contributed by atoms with Gasteiger partial charge in [-0.2, -0.15) is 0 Å². The molecule has 0 bridgehead atoms. The maximum atomic E-state index is 11.4. The Kier molecular flexibility index (Phi) is 5.64. The molecule has 4 aromatic rings. The SMILES string of the molecule is CN(c1ccccc1)c1cc(O)c(N=Nc2ccc([N+](=O)[O-])cc2[N+](=O)[O-])c2ccccc12. The van der Waals surface area contributed by atoms with Gasteiger partial charge in [-0.05, 0) is 18.2 Å². The summed E-state index contributed by atoms with van der Waals surface area (Å²) in [6.07, 6.45) is 0. The molecule has 10 nitrogen and oxygen atoms in total. The molecule has 0 fully saturated rings. The van der Waals surface area contributed by atoms with Crippen LogP contribution >= 0.6 is 0 Å². The van der Waals surface area contributed by atoms with E-state index >= 15 is 0 Å². The number of benzene rings is 4. The first-order valence-corrected chi connectivity index (χ1v) is 9.75. The second kappa shape index (κ2) is 8.71. The first kappa shape index (κ1) is 21.4. The standard InChI is InChI=1S/C23H17N5O5/c1-26(15-7-3-2-4-8-15)20-14-22(29)23(18-10-6-5-9-17(18)20)25-24-19-12-11-16(27(30)31)13-21(19)28(32)33/h2-14,29H,1H3. The highest BCUT2D eigenvalue weighted by Gasteiger charge is 2.20. The Labute approximate surface area is 187 Å². The molecule has 164 valence electrons. The van der Waals surface area contributed by atoms with Crippen LogP contribution in [0.25, 0.3) is 10.8 Å². The van der Waals surface area contributed by atoms with Crippen LogP contribution in [0, 0.1) is 20.2 Å². The zero-order valence-electron chi connectivity index (χ0n) is 17.3. The summed E-state index contributed by atoms with van der Waals surface area (Å²) >= 11 is 0. The number of rotatable bonds is 6. The minimum absolute atomic E-state index is 0.128. The minimum Gasteiger partial charge on any atom is -0.506 e. The van der Waals surface area contributed by atoms with Gasteiger partial charge in [0.2, 0.25) is 0 Å². The van der Waals surface area contributed by atoms with Crippen molar-refractivity contribution in [3.63, 3.8) is 0 Å². The molecule has 0 aliphatic carbocycles. The summed E-state index contributed by atoms with van der Waals surface area (Å²) in [6, 6.07) is 21.5. The van der Waals surface area contributed by atoms with Crippen LogP contribution in [0.1, 0.15) is 0 Å². The number of hydrogen-bond acceptors (Lipinski definition) is 8. The van der Waals surface area contributed by atoms with Crippen LogP contribution < -0.4 is 4.90 Å². The summed E-state index contributed by atoms with van der Waals surface area (Å²) < 4.78 is 0. The zero-order chi connectivity index (χ0) is 23.5. The smallest absolute Gasteiger partial charge is 0.303 e. The molecule has 0 unspecified atom stereocenters. The van der Waals surface area contributed by atoms with E-state index in [0.717, 1.165) is 35.0 Å². The molecule has 0 heterocycles. The topological polar surface area (TPSA) is 134 Å². The molecule has 0 aromatic heterocycles. The number of azo groups is 1. The number of phenolic OH excluding ortho intramolecular Hbond substituents is 1. The van der Waals surface area contributed by atoms with Crippen molar-refractivity contribution in [1.29, 1.82) is 0 Å². The Balaban J connectivity index is 1.82. The van der Waals surface area contributed by atoms with Gasteiger partial charge in [0.25, 0.3) is 5.69 Å². The van der Waals surface area contributed by atoms with Gasteiger partial charge in [0, 0.05) is 35.6 Å². The lowest BCUT2D eigenvalue weighted by Gasteiger charge is -2.22. The van der Waals surface area contributed by atoms with Crippen LogP contribution in [0.4, 0.5) is 34.1 Å². The van der Waals surface area contributed by atoms with E-state index < -0.39 is 21.2 Å². The average molecular weight is 443 g/mol. The largest absolute Gasteiger partial charge is 0.506 e. The summed E-state index contributed by atoms with van der Waals surface area (Å²) in [4.78, 5) is 22.7. The second-order valence-electron chi connectivity index (χ2n) is 7.09. The Morgan fingerprint density at radius 3 is 2.15 bits per heavy atom. The van der Waals surface area contributed by atoms with Crippen molar-refractivity contribution < 1.29 is 15.0 Å². The van der Waals surface area contributed by atoms with Crippen molar-refractivity contribution in [3.8, 4) is 5.75 Å². The van der Waals surface area contributed by atoms with Gasteiger partial charge >= 0.3 is 5.69 Å². The zero-order valence-corrected chi connectivity index (χ0v) is 17.3. The average Bonchev–Trinajstić information content (AvgIpc) is 2.83. The second-order valence-corrected chi connectivity index (χ2v) is 7.09. The Morgan fingerprint density at radius 2 is 1.48 bits per heavy atom. The fourth-order valence-corrected chi connectivity index (χ4v) is 3.46. The lowest BCUT2D eigenvalue weighted by Crippen LogP contribution is -2.09. The van der Waals surface area contributed by atoms with E-state index in [2.05, 4.69) is 10.2 Å². The molecule has 4 aromatic carbocycles. The number of hydrogen-bond donors (Lipinski definition) is 1. The number of nitro benzene ring substituents is 2. The third-order valence-electron chi connectivity index (χ3n) is 5.10. The third-order valence-corrected chi connectivity index (χ3v) is 5.10. The van der Waals surface area contributed by atoms with Gasteiger partial charge in [0.15, 0.2) is 5.69 Å². The molecule has 0 atom stereocenters. The highest BCUT2D eigenvalue weighted by atomic mass is 16.6. The Bertz CT molecular complexity index is 1410. The number of nitrogens with zero attached hydrogens (tertiary/aromatic N) is 5. The van der Waals surface area contributed by atoms with Gasteiger partial charge in [-0.3, -0.25) is 20.2 Å². The molecule has 0 saturated heterocycles. The van der Waals surface area contributed by atoms with Crippen molar-refractivity contribution >= 4 is 44.9 Å². The van der Waals surface area contributed by atoms with Gasteiger partial charge in [0.1, 0.15) is 11.4 Å². The van der Waals surface area contributed by atoms with Crippen LogP contribution in [0.3, 0.4) is 0 Å². The lowest BCUT2D eigenvalue weighted by molar-refractivity contribution is -0.393. The normalized spacial score (nSPS) is 11.1. The first-order valence-electron chi connectivity index (χ1n) is 9.75. The molecule has 0 amide bonds. The van der Waals surface area contributed by atoms with Crippen molar-refractivity contribution in [2.75, 3.05) is 11.9 Å². The van der Waals surface area contributed by atoms with Gasteiger partial charge in [-0.15, -0.1) is 10.2 Å². The molecular weight excluding hydrogens is 426 g/mol. The summed E-state index contributed by atoms with van der Waals surface area (Å²) in [5, 5.41) is 42.4. The van der Waals surface area contributed by atoms with Crippen LogP contribution in [-0.4, -0.2) is 22.0 Å².